The van der Waals surface area contributed by atoms with E-state index in [1.165, 1.54) is 0 Å². The van der Waals surface area contributed by atoms with Crippen LogP contribution in [0.4, 0.5) is 0 Å². The molecule has 0 saturated carbocycles. The Morgan fingerprint density at radius 3 is 2.71 bits per heavy atom. The summed E-state index contributed by atoms with van der Waals surface area (Å²) in [5.41, 5.74) is 2.22. The number of nitrogens with one attached hydrogen (secondary N) is 1. The molecule has 0 aromatic heterocycles. The van der Waals surface area contributed by atoms with Crippen molar-refractivity contribution >= 4 is 5.91 Å². The molecule has 0 aliphatic carbocycles. The summed E-state index contributed by atoms with van der Waals surface area (Å²) < 4.78 is 0. The Hall–Kier alpha value is -1.35. The Bertz CT molecular complexity index is 323. The van der Waals surface area contributed by atoms with E-state index in [2.05, 4.69) is 5.32 Å². The van der Waals surface area contributed by atoms with E-state index in [-0.39, 0.29) is 11.9 Å². The maximum Gasteiger partial charge on any atom is 0.246 e. The third-order valence-electron chi connectivity index (χ3n) is 2.18. The van der Waals surface area contributed by atoms with Gasteiger partial charge in [0.1, 0.15) is 6.61 Å². The zero-order chi connectivity index (χ0) is 10.6. The fourth-order valence-corrected chi connectivity index (χ4v) is 1.44. The van der Waals surface area contributed by atoms with E-state index >= 15 is 0 Å². The molecule has 0 heterocycles. The van der Waals surface area contributed by atoms with Crippen molar-refractivity contribution in [1.29, 1.82) is 0 Å². The predicted octanol–water partition coefficient (Wildman–Crippen LogP) is 1.16. The van der Waals surface area contributed by atoms with Gasteiger partial charge in [-0.15, -0.1) is 0 Å². The smallest absolute Gasteiger partial charge is 0.246 e. The van der Waals surface area contributed by atoms with Gasteiger partial charge in [0, 0.05) is 0 Å². The molecule has 1 rings (SSSR count). The molecule has 1 unspecified atom stereocenters. The van der Waals surface area contributed by atoms with E-state index in [9.17, 15) is 4.79 Å². The van der Waals surface area contributed by atoms with Crippen molar-refractivity contribution < 1.29 is 9.90 Å². The Kier molecular flexibility index (Phi) is 3.65. The van der Waals surface area contributed by atoms with Gasteiger partial charge < -0.3 is 10.4 Å². The van der Waals surface area contributed by atoms with Gasteiger partial charge in [0.2, 0.25) is 5.91 Å². The van der Waals surface area contributed by atoms with Gasteiger partial charge in [-0.1, -0.05) is 24.3 Å². The molecule has 76 valence electrons. The first-order valence-corrected chi connectivity index (χ1v) is 4.61. The lowest BCUT2D eigenvalue weighted by Crippen LogP contribution is -2.29. The van der Waals surface area contributed by atoms with Crippen LogP contribution in [0.15, 0.2) is 24.3 Å². The lowest BCUT2D eigenvalue weighted by atomic mass is 10.0. The van der Waals surface area contributed by atoms with E-state index in [1.54, 1.807) is 0 Å². The highest BCUT2D eigenvalue weighted by molar-refractivity contribution is 5.77. The predicted molar refractivity (Wildman–Crippen MR) is 54.8 cm³/mol. The number of aryl methyl sites for hydroxylation is 1. The summed E-state index contributed by atoms with van der Waals surface area (Å²) in [4.78, 5) is 10.9. The Labute approximate surface area is 83.8 Å². The number of aliphatic hydroxyl groups excluding tert-OH is 1. The first kappa shape index (κ1) is 10.7. The summed E-state index contributed by atoms with van der Waals surface area (Å²) in [6.45, 7) is 3.43. The van der Waals surface area contributed by atoms with Crippen LogP contribution in [0.2, 0.25) is 0 Å². The number of hydrogen-bond acceptors (Lipinski definition) is 2. The Morgan fingerprint density at radius 1 is 1.50 bits per heavy atom. The van der Waals surface area contributed by atoms with Crippen LogP contribution in [0.25, 0.3) is 0 Å². The number of rotatable bonds is 3. The van der Waals surface area contributed by atoms with Crippen molar-refractivity contribution in [2.24, 2.45) is 0 Å². The summed E-state index contributed by atoms with van der Waals surface area (Å²) in [5, 5.41) is 11.3. The van der Waals surface area contributed by atoms with E-state index in [0.29, 0.717) is 0 Å². The van der Waals surface area contributed by atoms with Gasteiger partial charge in [0.15, 0.2) is 0 Å². The quantitative estimate of drug-likeness (QED) is 0.757. The van der Waals surface area contributed by atoms with Gasteiger partial charge in [-0.05, 0) is 25.0 Å². The molecule has 0 fully saturated rings. The minimum Gasteiger partial charge on any atom is -0.387 e. The third kappa shape index (κ3) is 2.57. The highest BCUT2D eigenvalue weighted by atomic mass is 16.3. The summed E-state index contributed by atoms with van der Waals surface area (Å²) >= 11 is 0. The number of benzene rings is 1. The van der Waals surface area contributed by atoms with Crippen molar-refractivity contribution in [3.05, 3.63) is 35.4 Å². The molecule has 0 spiro atoms. The van der Waals surface area contributed by atoms with Gasteiger partial charge in [-0.2, -0.15) is 0 Å². The Balaban J connectivity index is 2.74. The molecule has 0 bridgehead atoms. The molecule has 3 heteroatoms. The van der Waals surface area contributed by atoms with Crippen molar-refractivity contribution in [2.45, 2.75) is 19.9 Å². The fraction of sp³-hybridized carbons (Fsp3) is 0.364. The lowest BCUT2D eigenvalue weighted by Gasteiger charge is -2.15. The van der Waals surface area contributed by atoms with Crippen LogP contribution in [0.1, 0.15) is 24.1 Å². The van der Waals surface area contributed by atoms with Gasteiger partial charge in [0.05, 0.1) is 6.04 Å². The average molecular weight is 193 g/mol. The molecule has 1 aromatic carbocycles. The first-order chi connectivity index (χ1) is 6.65. The summed E-state index contributed by atoms with van der Waals surface area (Å²) in [7, 11) is 0. The number of aliphatic hydroxyl groups is 1. The Morgan fingerprint density at radius 2 is 2.14 bits per heavy atom. The van der Waals surface area contributed by atoms with Crippen molar-refractivity contribution in [3.63, 3.8) is 0 Å². The number of hydrogen-bond donors (Lipinski definition) is 2. The topological polar surface area (TPSA) is 49.3 Å². The van der Waals surface area contributed by atoms with E-state index in [0.717, 1.165) is 11.1 Å². The van der Waals surface area contributed by atoms with Crippen LogP contribution in [-0.2, 0) is 4.79 Å². The molecule has 0 aliphatic rings. The second-order valence-electron chi connectivity index (χ2n) is 3.30. The highest BCUT2D eigenvalue weighted by Crippen LogP contribution is 2.16. The highest BCUT2D eigenvalue weighted by Gasteiger charge is 2.09. The largest absolute Gasteiger partial charge is 0.387 e. The minimum atomic E-state index is -0.462. The average Bonchev–Trinajstić information content (AvgIpc) is 2.18. The van der Waals surface area contributed by atoms with Crippen LogP contribution in [0.5, 0.6) is 0 Å². The van der Waals surface area contributed by atoms with Crippen molar-refractivity contribution in [3.8, 4) is 0 Å². The fourth-order valence-electron chi connectivity index (χ4n) is 1.44. The lowest BCUT2D eigenvalue weighted by molar-refractivity contribution is -0.124. The molecule has 3 nitrogen and oxygen atoms in total. The van der Waals surface area contributed by atoms with Gasteiger partial charge in [-0.3, -0.25) is 4.79 Å². The molecule has 0 aliphatic heterocycles. The zero-order valence-corrected chi connectivity index (χ0v) is 8.45. The summed E-state index contributed by atoms with van der Waals surface area (Å²) in [6, 6.07) is 7.80. The molecule has 1 amide bonds. The second-order valence-corrected chi connectivity index (χ2v) is 3.30. The number of amides is 1. The van der Waals surface area contributed by atoms with Crippen LogP contribution in [0, 0.1) is 6.92 Å². The first-order valence-electron chi connectivity index (χ1n) is 4.61. The molecule has 1 atom stereocenters. The van der Waals surface area contributed by atoms with Crippen LogP contribution in [-0.4, -0.2) is 17.6 Å². The maximum absolute atomic E-state index is 10.9. The molecular weight excluding hydrogens is 178 g/mol. The second kappa shape index (κ2) is 4.77. The monoisotopic (exact) mass is 193 g/mol. The molecule has 14 heavy (non-hydrogen) atoms. The van der Waals surface area contributed by atoms with Gasteiger partial charge in [-0.25, -0.2) is 0 Å². The van der Waals surface area contributed by atoms with Crippen molar-refractivity contribution in [1.82, 2.24) is 5.32 Å². The molecule has 0 saturated heterocycles. The standard InChI is InChI=1S/C11H15NO2/c1-8-5-3-4-6-10(8)9(2)12-11(14)7-13/h3-6,9,13H,7H2,1-2H3,(H,12,14). The van der Waals surface area contributed by atoms with Crippen molar-refractivity contribution in [2.75, 3.05) is 6.61 Å². The summed E-state index contributed by atoms with van der Waals surface area (Å²) in [6.07, 6.45) is 0. The zero-order valence-electron chi connectivity index (χ0n) is 8.45. The van der Waals surface area contributed by atoms with Crippen LogP contribution >= 0.6 is 0 Å². The molecule has 2 N–H and O–H groups in total. The summed E-state index contributed by atoms with van der Waals surface area (Å²) in [5.74, 6) is -0.347. The van der Waals surface area contributed by atoms with Crippen LogP contribution in [0.3, 0.4) is 0 Å². The third-order valence-corrected chi connectivity index (χ3v) is 2.18. The van der Waals surface area contributed by atoms with Crippen LogP contribution < -0.4 is 5.32 Å². The maximum atomic E-state index is 10.9. The van der Waals surface area contributed by atoms with E-state index < -0.39 is 6.61 Å². The molecule has 0 radical (unpaired) electrons. The normalized spacial score (nSPS) is 12.2. The number of carbonyl (C=O) groups excluding carboxylic acids is 1. The van der Waals surface area contributed by atoms with Gasteiger partial charge >= 0.3 is 0 Å². The van der Waals surface area contributed by atoms with E-state index in [4.69, 9.17) is 5.11 Å². The molecule has 1 aromatic rings. The SMILES string of the molecule is Cc1ccccc1C(C)NC(=O)CO. The van der Waals surface area contributed by atoms with E-state index in [1.807, 2.05) is 38.1 Å². The number of carbonyl (C=O) groups is 1. The molecular formula is C11H15NO2. The minimum absolute atomic E-state index is 0.0594. The van der Waals surface area contributed by atoms with Gasteiger partial charge in [0.25, 0.3) is 0 Å².